The van der Waals surface area contributed by atoms with Crippen LogP contribution >= 0.6 is 0 Å². The fraction of sp³-hybridized carbons (Fsp3) is 0.700. The molecule has 1 heterocycles. The van der Waals surface area contributed by atoms with E-state index in [1.54, 1.807) is 0 Å². The maximum atomic E-state index is 11.6. The summed E-state index contributed by atoms with van der Waals surface area (Å²) in [6, 6.07) is 0.279. The number of amides is 1. The van der Waals surface area contributed by atoms with Gasteiger partial charge in [-0.25, -0.2) is 0 Å². The summed E-state index contributed by atoms with van der Waals surface area (Å²) in [5.41, 5.74) is 0.365. The van der Waals surface area contributed by atoms with Crippen molar-refractivity contribution in [1.29, 1.82) is 0 Å². The van der Waals surface area contributed by atoms with Gasteiger partial charge in [-0.1, -0.05) is 19.8 Å². The molecule has 1 amide bonds. The summed E-state index contributed by atoms with van der Waals surface area (Å²) in [5, 5.41) is 12.8. The van der Waals surface area contributed by atoms with Crippen LogP contribution < -0.4 is 5.32 Å². The fourth-order valence-corrected chi connectivity index (χ4v) is 1.65. The Morgan fingerprint density at radius 3 is 3.07 bits per heavy atom. The van der Waals surface area contributed by atoms with Gasteiger partial charge in [0.05, 0.1) is 6.20 Å². The first-order valence-electron chi connectivity index (χ1n) is 5.46. The predicted octanol–water partition coefficient (Wildman–Crippen LogP) is 1.11. The number of aromatic nitrogens is 3. The largest absolute Gasteiger partial charge is 0.348 e. The minimum absolute atomic E-state index is 0.128. The highest BCUT2D eigenvalue weighted by atomic mass is 16.2. The maximum Gasteiger partial charge on any atom is 0.273 e. The van der Waals surface area contributed by atoms with Gasteiger partial charge >= 0.3 is 0 Å². The quantitative estimate of drug-likeness (QED) is 0.761. The second kappa shape index (κ2) is 4.42. The third-order valence-electron chi connectivity index (χ3n) is 2.79. The van der Waals surface area contributed by atoms with E-state index in [1.165, 1.54) is 19.0 Å². The van der Waals surface area contributed by atoms with Crippen LogP contribution in [0.5, 0.6) is 0 Å². The molecule has 0 saturated heterocycles. The van der Waals surface area contributed by atoms with E-state index in [2.05, 4.69) is 27.7 Å². The van der Waals surface area contributed by atoms with Crippen molar-refractivity contribution < 1.29 is 4.79 Å². The molecule has 0 aliphatic heterocycles. The van der Waals surface area contributed by atoms with Gasteiger partial charge in [0.25, 0.3) is 5.91 Å². The van der Waals surface area contributed by atoms with Gasteiger partial charge in [0.2, 0.25) is 0 Å². The molecule has 1 aromatic heterocycles. The molecule has 1 aliphatic rings. The number of carbonyl (C=O) groups excluding carboxylic acids is 1. The Balaban J connectivity index is 1.85. The molecule has 0 radical (unpaired) electrons. The number of nitrogens with one attached hydrogen (secondary N) is 2. The van der Waals surface area contributed by atoms with Crippen molar-refractivity contribution >= 4 is 5.91 Å². The second-order valence-corrected chi connectivity index (χ2v) is 4.11. The van der Waals surface area contributed by atoms with Gasteiger partial charge in [-0.15, -0.1) is 0 Å². The normalized spacial score (nSPS) is 17.4. The number of aromatic amines is 1. The topological polar surface area (TPSA) is 70.7 Å². The highest BCUT2D eigenvalue weighted by Gasteiger charge is 2.25. The summed E-state index contributed by atoms with van der Waals surface area (Å²) in [5.74, 6) is 0.698. The van der Waals surface area contributed by atoms with E-state index in [0.29, 0.717) is 5.69 Å². The molecule has 1 aromatic rings. The van der Waals surface area contributed by atoms with Crippen molar-refractivity contribution in [2.45, 2.75) is 38.6 Å². The van der Waals surface area contributed by atoms with Gasteiger partial charge in [0.15, 0.2) is 5.69 Å². The first kappa shape index (κ1) is 10.1. The molecule has 0 bridgehead atoms. The van der Waals surface area contributed by atoms with E-state index in [1.807, 2.05) is 0 Å². The Morgan fingerprint density at radius 1 is 1.73 bits per heavy atom. The summed E-state index contributed by atoms with van der Waals surface area (Å²) >= 11 is 0. The third-order valence-corrected chi connectivity index (χ3v) is 2.79. The van der Waals surface area contributed by atoms with Crippen molar-refractivity contribution in [1.82, 2.24) is 20.7 Å². The molecule has 1 unspecified atom stereocenters. The minimum atomic E-state index is -0.128. The van der Waals surface area contributed by atoms with Crippen LogP contribution in [0.4, 0.5) is 0 Å². The highest BCUT2D eigenvalue weighted by molar-refractivity contribution is 5.91. The monoisotopic (exact) mass is 208 g/mol. The molecule has 1 atom stereocenters. The van der Waals surface area contributed by atoms with Crippen LogP contribution in [0.2, 0.25) is 0 Å². The van der Waals surface area contributed by atoms with Crippen molar-refractivity contribution in [2.75, 3.05) is 0 Å². The number of rotatable bonds is 5. The number of H-pyrrole nitrogens is 1. The first-order chi connectivity index (χ1) is 7.29. The molecule has 5 heteroatoms. The van der Waals surface area contributed by atoms with Crippen molar-refractivity contribution in [2.24, 2.45) is 5.92 Å². The summed E-state index contributed by atoms with van der Waals surface area (Å²) in [7, 11) is 0. The van der Waals surface area contributed by atoms with Crippen molar-refractivity contribution in [3.05, 3.63) is 11.9 Å². The molecule has 1 saturated carbocycles. The summed E-state index contributed by atoms with van der Waals surface area (Å²) in [4.78, 5) is 11.6. The van der Waals surface area contributed by atoms with Gasteiger partial charge in [-0.05, 0) is 18.8 Å². The summed E-state index contributed by atoms with van der Waals surface area (Å²) in [6.07, 6.45) is 6.14. The molecule has 0 aromatic carbocycles. The van der Waals surface area contributed by atoms with Gasteiger partial charge in [-0.2, -0.15) is 15.4 Å². The average Bonchev–Trinajstić information content (AvgIpc) is 2.88. The molecule has 5 nitrogen and oxygen atoms in total. The van der Waals surface area contributed by atoms with E-state index >= 15 is 0 Å². The van der Waals surface area contributed by atoms with Crippen LogP contribution in [0, 0.1) is 5.92 Å². The lowest BCUT2D eigenvalue weighted by Gasteiger charge is -2.15. The molecular formula is C10H16N4O. The molecule has 1 aliphatic carbocycles. The van der Waals surface area contributed by atoms with Crippen LogP contribution in [-0.2, 0) is 0 Å². The Hall–Kier alpha value is -1.39. The number of hydrogen-bond donors (Lipinski definition) is 2. The lowest BCUT2D eigenvalue weighted by Crippen LogP contribution is -2.34. The van der Waals surface area contributed by atoms with Crippen molar-refractivity contribution in [3.8, 4) is 0 Å². The van der Waals surface area contributed by atoms with Gasteiger partial charge < -0.3 is 5.32 Å². The summed E-state index contributed by atoms with van der Waals surface area (Å²) < 4.78 is 0. The Labute approximate surface area is 88.6 Å². The Kier molecular flexibility index (Phi) is 2.99. The molecule has 15 heavy (non-hydrogen) atoms. The average molecular weight is 208 g/mol. The van der Waals surface area contributed by atoms with E-state index in [4.69, 9.17) is 0 Å². The number of nitrogens with zero attached hydrogens (tertiary/aromatic N) is 2. The smallest absolute Gasteiger partial charge is 0.273 e. The molecular weight excluding hydrogens is 192 g/mol. The summed E-state index contributed by atoms with van der Waals surface area (Å²) in [6.45, 7) is 2.09. The van der Waals surface area contributed by atoms with E-state index in [0.717, 1.165) is 18.8 Å². The van der Waals surface area contributed by atoms with Gasteiger partial charge in [0, 0.05) is 6.04 Å². The standard InChI is InChI=1S/C10H16N4O/c1-2-8(5-7-3-4-7)12-10(15)9-6-11-14-13-9/h6-8H,2-5H2,1H3,(H,12,15)(H,11,13,14). The van der Waals surface area contributed by atoms with Crippen LogP contribution in [0.1, 0.15) is 43.1 Å². The molecule has 0 spiro atoms. The lowest BCUT2D eigenvalue weighted by atomic mass is 10.1. The lowest BCUT2D eigenvalue weighted by molar-refractivity contribution is 0.0927. The number of hydrogen-bond acceptors (Lipinski definition) is 3. The molecule has 2 rings (SSSR count). The van der Waals surface area contributed by atoms with E-state index in [9.17, 15) is 4.79 Å². The van der Waals surface area contributed by atoms with Gasteiger partial charge in [-0.3, -0.25) is 4.79 Å². The molecule has 2 N–H and O–H groups in total. The van der Waals surface area contributed by atoms with E-state index < -0.39 is 0 Å². The molecule has 1 fully saturated rings. The Morgan fingerprint density at radius 2 is 2.53 bits per heavy atom. The Bertz CT molecular complexity index is 318. The fourth-order valence-electron chi connectivity index (χ4n) is 1.65. The van der Waals surface area contributed by atoms with E-state index in [-0.39, 0.29) is 11.9 Å². The minimum Gasteiger partial charge on any atom is -0.348 e. The van der Waals surface area contributed by atoms with Crippen LogP contribution in [-0.4, -0.2) is 27.4 Å². The highest BCUT2D eigenvalue weighted by Crippen LogP contribution is 2.34. The van der Waals surface area contributed by atoms with Crippen LogP contribution in [0.3, 0.4) is 0 Å². The second-order valence-electron chi connectivity index (χ2n) is 4.11. The number of carbonyl (C=O) groups is 1. The zero-order chi connectivity index (χ0) is 10.7. The van der Waals surface area contributed by atoms with Crippen molar-refractivity contribution in [3.63, 3.8) is 0 Å². The third kappa shape index (κ3) is 2.78. The zero-order valence-corrected chi connectivity index (χ0v) is 8.86. The molecule has 82 valence electrons. The predicted molar refractivity (Wildman–Crippen MR) is 55.3 cm³/mol. The van der Waals surface area contributed by atoms with Crippen LogP contribution in [0.15, 0.2) is 6.20 Å². The SMILES string of the molecule is CCC(CC1CC1)NC(=O)c1cn[nH]n1. The maximum absolute atomic E-state index is 11.6. The first-order valence-corrected chi connectivity index (χ1v) is 5.46. The van der Waals surface area contributed by atoms with Gasteiger partial charge in [0.1, 0.15) is 0 Å². The van der Waals surface area contributed by atoms with Crippen LogP contribution in [0.25, 0.3) is 0 Å². The zero-order valence-electron chi connectivity index (χ0n) is 8.86.